The molecule has 1 heterocycles. The Morgan fingerprint density at radius 1 is 1.11 bits per heavy atom. The van der Waals surface area contributed by atoms with Gasteiger partial charge >= 0.3 is 5.97 Å². The fraction of sp³-hybridized carbons (Fsp3) is 0.190. The minimum absolute atomic E-state index is 0.195. The minimum Gasteiger partial charge on any atom is -0.467 e. The molecular weight excluding hydrogens is 376 g/mol. The van der Waals surface area contributed by atoms with Crippen molar-refractivity contribution in [3.8, 4) is 0 Å². The number of nitrogens with one attached hydrogen (secondary N) is 1. The number of carbonyl (C=O) groups is 2. The number of aromatic nitrogens is 1. The highest BCUT2D eigenvalue weighted by atomic mass is 32.2. The van der Waals surface area contributed by atoms with Crippen LogP contribution in [0.25, 0.3) is 10.9 Å². The number of hydrogen-bond donors (Lipinski definition) is 1. The molecular formula is C21H20N2O4S. The van der Waals surface area contributed by atoms with Crippen LogP contribution in [0, 0.1) is 0 Å². The van der Waals surface area contributed by atoms with E-state index >= 15 is 0 Å². The van der Waals surface area contributed by atoms with Crippen molar-refractivity contribution in [2.45, 2.75) is 17.4 Å². The molecule has 144 valence electrons. The number of hydrogen-bond acceptors (Lipinski definition) is 5. The van der Waals surface area contributed by atoms with Crippen LogP contribution in [0.5, 0.6) is 0 Å². The van der Waals surface area contributed by atoms with E-state index in [0.29, 0.717) is 10.5 Å². The van der Waals surface area contributed by atoms with Gasteiger partial charge in [-0.05, 0) is 30.7 Å². The SMILES string of the molecule is COC(=O)[C@@H](CC[S@](=O)c1ccccc1)NC(=O)c1cnc2ccccc2c1. The molecule has 3 rings (SSSR count). The largest absolute Gasteiger partial charge is 0.467 e. The summed E-state index contributed by atoms with van der Waals surface area (Å²) in [6.45, 7) is 0. The van der Waals surface area contributed by atoms with Crippen LogP contribution in [0.1, 0.15) is 16.8 Å². The number of carbonyl (C=O) groups excluding carboxylic acids is 2. The Morgan fingerprint density at radius 2 is 1.82 bits per heavy atom. The van der Waals surface area contributed by atoms with E-state index in [1.54, 1.807) is 30.3 Å². The Bertz CT molecular complexity index is 1010. The monoisotopic (exact) mass is 396 g/mol. The highest BCUT2D eigenvalue weighted by Crippen LogP contribution is 2.13. The van der Waals surface area contributed by atoms with E-state index in [-0.39, 0.29) is 12.2 Å². The Balaban J connectivity index is 1.69. The number of methoxy groups -OCH3 is 1. The average molecular weight is 396 g/mol. The van der Waals surface area contributed by atoms with E-state index in [2.05, 4.69) is 10.3 Å². The summed E-state index contributed by atoms with van der Waals surface area (Å²) < 4.78 is 17.2. The van der Waals surface area contributed by atoms with Gasteiger partial charge in [0, 0.05) is 22.2 Å². The summed E-state index contributed by atoms with van der Waals surface area (Å²) in [4.78, 5) is 29.6. The van der Waals surface area contributed by atoms with E-state index in [1.807, 2.05) is 30.3 Å². The number of fused-ring (bicyclic) bond motifs is 1. The summed E-state index contributed by atoms with van der Waals surface area (Å²) in [5.41, 5.74) is 1.12. The molecule has 1 aromatic heterocycles. The zero-order valence-corrected chi connectivity index (χ0v) is 16.1. The van der Waals surface area contributed by atoms with Crippen LogP contribution in [0.2, 0.25) is 0 Å². The number of pyridine rings is 1. The number of amides is 1. The molecule has 0 saturated carbocycles. The molecule has 6 nitrogen and oxygen atoms in total. The number of benzene rings is 2. The van der Waals surface area contributed by atoms with Gasteiger partial charge in [-0.2, -0.15) is 0 Å². The van der Waals surface area contributed by atoms with Crippen LogP contribution in [-0.4, -0.2) is 40.0 Å². The van der Waals surface area contributed by atoms with Gasteiger partial charge in [-0.3, -0.25) is 14.0 Å². The van der Waals surface area contributed by atoms with Crippen molar-refractivity contribution < 1.29 is 18.5 Å². The molecule has 1 N–H and O–H groups in total. The third kappa shape index (κ3) is 4.80. The molecule has 0 unspecified atom stereocenters. The second-order valence-electron chi connectivity index (χ2n) is 6.12. The van der Waals surface area contributed by atoms with Crippen LogP contribution < -0.4 is 5.32 Å². The van der Waals surface area contributed by atoms with Gasteiger partial charge in [0.25, 0.3) is 5.91 Å². The number of nitrogens with zero attached hydrogens (tertiary/aromatic N) is 1. The standard InChI is InChI=1S/C21H20N2O4S/c1-27-21(25)19(11-12-28(26)17-8-3-2-4-9-17)23-20(24)16-13-15-7-5-6-10-18(15)22-14-16/h2-10,13-14,19H,11-12H2,1H3,(H,23,24)/t19-,28+/m1/s1. The number of rotatable bonds is 7. The third-order valence-corrected chi connectivity index (χ3v) is 5.65. The molecule has 2 aromatic carbocycles. The summed E-state index contributed by atoms with van der Waals surface area (Å²) in [6.07, 6.45) is 1.66. The number of esters is 1. The molecule has 0 bridgehead atoms. The Labute approximate surface area is 165 Å². The van der Waals surface area contributed by atoms with Gasteiger partial charge in [0.1, 0.15) is 6.04 Å². The predicted molar refractivity (Wildman–Crippen MR) is 107 cm³/mol. The van der Waals surface area contributed by atoms with Gasteiger partial charge in [0.2, 0.25) is 0 Å². The van der Waals surface area contributed by atoms with Crippen LogP contribution in [-0.2, 0) is 20.3 Å². The highest BCUT2D eigenvalue weighted by Gasteiger charge is 2.23. The summed E-state index contributed by atoms with van der Waals surface area (Å²) in [5, 5.41) is 3.50. The maximum Gasteiger partial charge on any atom is 0.328 e. The second-order valence-corrected chi connectivity index (χ2v) is 7.69. The normalized spacial score (nSPS) is 12.9. The topological polar surface area (TPSA) is 85.4 Å². The lowest BCUT2D eigenvalue weighted by Crippen LogP contribution is -2.42. The fourth-order valence-electron chi connectivity index (χ4n) is 2.74. The molecule has 0 aliphatic carbocycles. The van der Waals surface area contributed by atoms with Crippen LogP contribution in [0.15, 0.2) is 71.8 Å². The first-order chi connectivity index (χ1) is 13.6. The summed E-state index contributed by atoms with van der Waals surface area (Å²) in [7, 11) is -0.0147. The van der Waals surface area contributed by atoms with Crippen molar-refractivity contribution >= 4 is 33.6 Å². The Kier molecular flexibility index (Phi) is 6.49. The summed E-state index contributed by atoms with van der Waals surface area (Å²) in [5.74, 6) is -0.786. The number of para-hydroxylation sites is 1. The summed E-state index contributed by atoms with van der Waals surface area (Å²) >= 11 is 0. The van der Waals surface area contributed by atoms with E-state index < -0.39 is 28.7 Å². The average Bonchev–Trinajstić information content (AvgIpc) is 2.75. The van der Waals surface area contributed by atoms with Gasteiger partial charge in [0.05, 0.1) is 29.0 Å². The van der Waals surface area contributed by atoms with Crippen LogP contribution >= 0.6 is 0 Å². The molecule has 0 aliphatic heterocycles. The third-order valence-electron chi connectivity index (χ3n) is 4.24. The lowest BCUT2D eigenvalue weighted by atomic mass is 10.1. The maximum atomic E-state index is 12.6. The molecule has 0 fully saturated rings. The van der Waals surface area contributed by atoms with Crippen molar-refractivity contribution in [1.82, 2.24) is 10.3 Å². The van der Waals surface area contributed by atoms with Crippen molar-refractivity contribution in [3.63, 3.8) is 0 Å². The van der Waals surface area contributed by atoms with E-state index in [4.69, 9.17) is 4.74 Å². The molecule has 2 atom stereocenters. The zero-order chi connectivity index (χ0) is 19.9. The first kappa shape index (κ1) is 19.7. The molecule has 0 saturated heterocycles. The number of ether oxygens (including phenoxy) is 1. The molecule has 28 heavy (non-hydrogen) atoms. The first-order valence-corrected chi connectivity index (χ1v) is 10.1. The van der Waals surface area contributed by atoms with Gasteiger partial charge in [-0.1, -0.05) is 36.4 Å². The molecule has 7 heteroatoms. The molecule has 1 amide bonds. The van der Waals surface area contributed by atoms with Gasteiger partial charge in [0.15, 0.2) is 0 Å². The van der Waals surface area contributed by atoms with Gasteiger partial charge < -0.3 is 10.1 Å². The summed E-state index contributed by atoms with van der Waals surface area (Å²) in [6, 6.07) is 17.3. The van der Waals surface area contributed by atoms with E-state index in [0.717, 1.165) is 10.9 Å². The van der Waals surface area contributed by atoms with Crippen molar-refractivity contribution in [3.05, 3.63) is 72.4 Å². The first-order valence-electron chi connectivity index (χ1n) is 8.75. The van der Waals surface area contributed by atoms with Crippen LogP contribution in [0.4, 0.5) is 0 Å². The van der Waals surface area contributed by atoms with Crippen LogP contribution in [0.3, 0.4) is 0 Å². The quantitative estimate of drug-likeness (QED) is 0.621. The van der Waals surface area contributed by atoms with Crippen molar-refractivity contribution in [2.24, 2.45) is 0 Å². The van der Waals surface area contributed by atoms with E-state index in [9.17, 15) is 13.8 Å². The maximum absolute atomic E-state index is 12.6. The molecule has 0 spiro atoms. The second kappa shape index (κ2) is 9.23. The molecule has 3 aromatic rings. The Morgan fingerprint density at radius 3 is 2.57 bits per heavy atom. The zero-order valence-electron chi connectivity index (χ0n) is 15.3. The van der Waals surface area contributed by atoms with Crippen molar-refractivity contribution in [2.75, 3.05) is 12.9 Å². The lowest BCUT2D eigenvalue weighted by Gasteiger charge is -2.16. The lowest BCUT2D eigenvalue weighted by molar-refractivity contribution is -0.142. The predicted octanol–water partition coefficient (Wildman–Crippen LogP) is 2.70. The molecule has 0 aliphatic rings. The smallest absolute Gasteiger partial charge is 0.328 e. The minimum atomic E-state index is -1.27. The highest BCUT2D eigenvalue weighted by molar-refractivity contribution is 7.85. The van der Waals surface area contributed by atoms with Gasteiger partial charge in [-0.25, -0.2) is 4.79 Å². The van der Waals surface area contributed by atoms with E-state index in [1.165, 1.54) is 13.3 Å². The Hall–Kier alpha value is -3.06. The van der Waals surface area contributed by atoms with Crippen molar-refractivity contribution in [1.29, 1.82) is 0 Å². The molecule has 0 radical (unpaired) electrons. The fourth-order valence-corrected chi connectivity index (χ4v) is 3.89. The van der Waals surface area contributed by atoms with Gasteiger partial charge in [-0.15, -0.1) is 0 Å².